The van der Waals surface area contributed by atoms with Crippen molar-refractivity contribution < 1.29 is 28.6 Å². The molecule has 0 aliphatic rings. The van der Waals surface area contributed by atoms with Gasteiger partial charge in [-0.2, -0.15) is 0 Å². The number of allylic oxidation sites excluding steroid dienone is 4. The predicted octanol–water partition coefficient (Wildman–Crippen LogP) is 24.6. The summed E-state index contributed by atoms with van der Waals surface area (Å²) in [6, 6.07) is 0. The Morgan fingerprint density at radius 1 is 0.253 bits per heavy atom. The summed E-state index contributed by atoms with van der Waals surface area (Å²) in [5, 5.41) is 0. The van der Waals surface area contributed by atoms with E-state index in [0.29, 0.717) is 19.3 Å². The van der Waals surface area contributed by atoms with Crippen molar-refractivity contribution in [3.05, 3.63) is 24.3 Å². The number of hydrogen-bond donors (Lipinski definition) is 0. The summed E-state index contributed by atoms with van der Waals surface area (Å²) in [6.07, 6.45) is 83.4. The third kappa shape index (κ3) is 66.6. The standard InChI is InChI=1S/C73H138O6/c1-4-7-10-13-16-19-22-25-28-31-34-36-39-41-44-47-50-53-56-59-62-65-71(74)77-68-70(79-73(76)67-64-61-58-55-52-49-46-43-38-33-30-27-24-21-18-15-12-9-6-3)69-78-72(75)66-63-60-57-54-51-48-45-42-40-37-35-32-29-26-23-20-17-14-11-8-5-2/h18,21,27,30,70H,4-17,19-20,22-26,28-29,31-69H2,1-3H3/b21-18-,30-27-. The number of esters is 3. The lowest BCUT2D eigenvalue weighted by Gasteiger charge is -2.18. The summed E-state index contributed by atoms with van der Waals surface area (Å²) in [5.41, 5.74) is 0. The van der Waals surface area contributed by atoms with Crippen molar-refractivity contribution in [1.82, 2.24) is 0 Å². The molecule has 0 saturated carbocycles. The van der Waals surface area contributed by atoms with E-state index in [2.05, 4.69) is 45.1 Å². The van der Waals surface area contributed by atoms with Crippen LogP contribution in [0, 0.1) is 0 Å². The lowest BCUT2D eigenvalue weighted by Crippen LogP contribution is -2.30. The fourth-order valence-corrected chi connectivity index (χ4v) is 11.1. The van der Waals surface area contributed by atoms with Crippen LogP contribution in [-0.2, 0) is 28.6 Å². The summed E-state index contributed by atoms with van der Waals surface area (Å²) in [4.78, 5) is 38.5. The zero-order valence-corrected chi connectivity index (χ0v) is 53.7. The van der Waals surface area contributed by atoms with Crippen molar-refractivity contribution in [2.24, 2.45) is 0 Å². The Morgan fingerprint density at radius 2 is 0.456 bits per heavy atom. The molecule has 0 aromatic heterocycles. The van der Waals surface area contributed by atoms with Crippen molar-refractivity contribution in [2.75, 3.05) is 13.2 Å². The Morgan fingerprint density at radius 3 is 0.722 bits per heavy atom. The molecule has 0 amide bonds. The first-order chi connectivity index (χ1) is 39.0. The highest BCUT2D eigenvalue weighted by molar-refractivity contribution is 5.71. The monoisotopic (exact) mass is 1110 g/mol. The highest BCUT2D eigenvalue weighted by Gasteiger charge is 2.19. The SMILES string of the molecule is CCCCC/C=C\C/C=C\CCCCCCCCCCCC(=O)OC(COC(=O)CCCCCCCCCCCCCCCCCCCCCCC)COC(=O)CCCCCCCCCCCCCCCCCCCCCCC. The topological polar surface area (TPSA) is 78.9 Å². The van der Waals surface area contributed by atoms with Gasteiger partial charge in [0.1, 0.15) is 13.2 Å². The molecule has 0 atom stereocenters. The quantitative estimate of drug-likeness (QED) is 0.0261. The van der Waals surface area contributed by atoms with Crippen molar-refractivity contribution in [3.63, 3.8) is 0 Å². The maximum atomic E-state index is 13.0. The van der Waals surface area contributed by atoms with Crippen molar-refractivity contribution in [2.45, 2.75) is 412 Å². The number of rotatable bonds is 67. The molecular formula is C73H138O6. The van der Waals surface area contributed by atoms with E-state index in [1.807, 2.05) is 0 Å². The van der Waals surface area contributed by atoms with Gasteiger partial charge in [0, 0.05) is 19.3 Å². The smallest absolute Gasteiger partial charge is 0.306 e. The summed E-state index contributed by atoms with van der Waals surface area (Å²) < 4.78 is 17.0. The fourth-order valence-electron chi connectivity index (χ4n) is 11.1. The van der Waals surface area contributed by atoms with Gasteiger partial charge in [0.2, 0.25) is 0 Å². The van der Waals surface area contributed by atoms with E-state index in [4.69, 9.17) is 14.2 Å². The van der Waals surface area contributed by atoms with Gasteiger partial charge in [0.25, 0.3) is 0 Å². The normalized spacial score (nSPS) is 11.7. The highest BCUT2D eigenvalue weighted by Crippen LogP contribution is 2.19. The van der Waals surface area contributed by atoms with E-state index in [-0.39, 0.29) is 31.1 Å². The molecular weight excluding hydrogens is 973 g/mol. The minimum absolute atomic E-state index is 0.0662. The number of carbonyl (C=O) groups excluding carboxylic acids is 3. The summed E-state index contributed by atoms with van der Waals surface area (Å²) in [7, 11) is 0. The van der Waals surface area contributed by atoms with Crippen LogP contribution in [0.5, 0.6) is 0 Å². The Labute approximate surface area is 493 Å². The van der Waals surface area contributed by atoms with Crippen LogP contribution >= 0.6 is 0 Å². The van der Waals surface area contributed by atoms with Gasteiger partial charge in [-0.15, -0.1) is 0 Å². The van der Waals surface area contributed by atoms with Crippen molar-refractivity contribution in [3.8, 4) is 0 Å². The Bertz CT molecular complexity index is 1210. The average molecular weight is 1110 g/mol. The Hall–Kier alpha value is -2.11. The third-order valence-electron chi connectivity index (χ3n) is 16.5. The maximum absolute atomic E-state index is 13.0. The van der Waals surface area contributed by atoms with Gasteiger partial charge in [-0.1, -0.05) is 360 Å². The predicted molar refractivity (Wildman–Crippen MR) is 344 cm³/mol. The van der Waals surface area contributed by atoms with E-state index in [9.17, 15) is 14.4 Å². The number of ether oxygens (including phenoxy) is 3. The number of unbranched alkanes of at least 4 members (excludes halogenated alkanes) is 52. The lowest BCUT2D eigenvalue weighted by molar-refractivity contribution is -0.167. The molecule has 0 bridgehead atoms. The molecule has 0 N–H and O–H groups in total. The summed E-state index contributed by atoms with van der Waals surface area (Å²) in [6.45, 7) is 6.71. The third-order valence-corrected chi connectivity index (χ3v) is 16.5. The fraction of sp³-hybridized carbons (Fsp3) is 0.904. The first-order valence-electron chi connectivity index (χ1n) is 35.8. The molecule has 0 aliphatic heterocycles. The van der Waals surface area contributed by atoms with Crippen LogP contribution in [0.1, 0.15) is 406 Å². The molecule has 0 aromatic rings. The molecule has 0 heterocycles. The maximum Gasteiger partial charge on any atom is 0.306 e. The van der Waals surface area contributed by atoms with Gasteiger partial charge >= 0.3 is 17.9 Å². The first-order valence-corrected chi connectivity index (χ1v) is 35.8. The first kappa shape index (κ1) is 76.9. The van der Waals surface area contributed by atoms with Crippen LogP contribution in [0.15, 0.2) is 24.3 Å². The van der Waals surface area contributed by atoms with Crippen molar-refractivity contribution >= 4 is 17.9 Å². The van der Waals surface area contributed by atoms with Crippen LogP contribution in [0.2, 0.25) is 0 Å². The van der Waals surface area contributed by atoms with Crippen LogP contribution in [0.4, 0.5) is 0 Å². The second-order valence-electron chi connectivity index (χ2n) is 24.5. The van der Waals surface area contributed by atoms with E-state index in [1.165, 1.54) is 302 Å². The molecule has 6 heteroatoms. The van der Waals surface area contributed by atoms with E-state index in [1.54, 1.807) is 0 Å². The Balaban J connectivity index is 4.29. The molecule has 0 fully saturated rings. The lowest BCUT2D eigenvalue weighted by atomic mass is 10.0. The number of carbonyl (C=O) groups is 3. The molecule has 79 heavy (non-hydrogen) atoms. The molecule has 6 nitrogen and oxygen atoms in total. The minimum Gasteiger partial charge on any atom is -0.462 e. The van der Waals surface area contributed by atoms with Gasteiger partial charge in [0.15, 0.2) is 6.10 Å². The second-order valence-corrected chi connectivity index (χ2v) is 24.5. The molecule has 0 aliphatic carbocycles. The molecule has 0 aromatic carbocycles. The zero-order valence-electron chi connectivity index (χ0n) is 53.7. The van der Waals surface area contributed by atoms with Crippen LogP contribution < -0.4 is 0 Å². The molecule has 0 saturated heterocycles. The van der Waals surface area contributed by atoms with Crippen molar-refractivity contribution in [1.29, 1.82) is 0 Å². The molecule has 466 valence electrons. The van der Waals surface area contributed by atoms with Crippen LogP contribution in [-0.4, -0.2) is 37.2 Å². The van der Waals surface area contributed by atoms with E-state index < -0.39 is 6.10 Å². The molecule has 0 unspecified atom stereocenters. The zero-order chi connectivity index (χ0) is 57.1. The van der Waals surface area contributed by atoms with E-state index >= 15 is 0 Å². The summed E-state index contributed by atoms with van der Waals surface area (Å²) >= 11 is 0. The molecule has 0 rings (SSSR count). The minimum atomic E-state index is -0.771. The summed E-state index contributed by atoms with van der Waals surface area (Å²) in [5.74, 6) is -0.834. The number of hydrogen-bond acceptors (Lipinski definition) is 6. The van der Waals surface area contributed by atoms with E-state index in [0.717, 1.165) is 64.2 Å². The molecule has 0 spiro atoms. The largest absolute Gasteiger partial charge is 0.462 e. The van der Waals surface area contributed by atoms with Gasteiger partial charge in [0.05, 0.1) is 0 Å². The Kier molecular flexibility index (Phi) is 66.6. The van der Waals surface area contributed by atoms with Gasteiger partial charge < -0.3 is 14.2 Å². The van der Waals surface area contributed by atoms with Gasteiger partial charge in [-0.25, -0.2) is 0 Å². The highest BCUT2D eigenvalue weighted by atomic mass is 16.6. The van der Waals surface area contributed by atoms with Crippen LogP contribution in [0.25, 0.3) is 0 Å². The van der Waals surface area contributed by atoms with Gasteiger partial charge in [-0.05, 0) is 51.4 Å². The average Bonchev–Trinajstić information content (AvgIpc) is 3.45. The van der Waals surface area contributed by atoms with Crippen LogP contribution in [0.3, 0.4) is 0 Å². The second kappa shape index (κ2) is 68.4. The van der Waals surface area contributed by atoms with Gasteiger partial charge in [-0.3, -0.25) is 14.4 Å². The molecule has 0 radical (unpaired) electrons.